The van der Waals surface area contributed by atoms with Gasteiger partial charge in [0.15, 0.2) is 5.13 Å². The van der Waals surface area contributed by atoms with Gasteiger partial charge in [0.25, 0.3) is 0 Å². The zero-order chi connectivity index (χ0) is 16.1. The number of tetrazole rings is 1. The molecular weight excluding hydrogens is 356 g/mol. The zero-order valence-corrected chi connectivity index (χ0v) is 14.1. The highest BCUT2D eigenvalue weighted by atomic mass is 35.5. The number of thiazole rings is 1. The van der Waals surface area contributed by atoms with Crippen molar-refractivity contribution in [2.24, 2.45) is 0 Å². The summed E-state index contributed by atoms with van der Waals surface area (Å²) in [4.78, 5) is 15.8. The lowest BCUT2D eigenvalue weighted by atomic mass is 10.3. The number of anilines is 1. The van der Waals surface area contributed by atoms with Crippen molar-refractivity contribution in [2.75, 3.05) is 11.1 Å². The number of rotatable bonds is 6. The first-order chi connectivity index (χ1) is 11.2. The van der Waals surface area contributed by atoms with E-state index in [9.17, 15) is 4.79 Å². The molecule has 1 aromatic carbocycles. The van der Waals surface area contributed by atoms with Crippen LogP contribution in [0.1, 0.15) is 6.42 Å². The summed E-state index contributed by atoms with van der Waals surface area (Å²) in [7, 11) is 0. The second-order valence-corrected chi connectivity index (χ2v) is 6.73. The summed E-state index contributed by atoms with van der Waals surface area (Å²) in [5.41, 5.74) is 0.814. The first-order valence-corrected chi connectivity index (χ1v) is 8.83. The highest BCUT2D eigenvalue weighted by molar-refractivity contribution is 7.99. The second-order valence-electron chi connectivity index (χ2n) is 4.33. The molecule has 0 atom stereocenters. The maximum absolute atomic E-state index is 11.8. The molecule has 23 heavy (non-hydrogen) atoms. The molecule has 0 aliphatic carbocycles. The highest BCUT2D eigenvalue weighted by Gasteiger charge is 2.10. The number of halogens is 1. The van der Waals surface area contributed by atoms with Crippen molar-refractivity contribution in [3.05, 3.63) is 40.9 Å². The van der Waals surface area contributed by atoms with Crippen LogP contribution in [0.4, 0.5) is 5.13 Å². The van der Waals surface area contributed by atoms with Gasteiger partial charge in [0.2, 0.25) is 11.1 Å². The second kappa shape index (κ2) is 7.53. The Morgan fingerprint density at radius 1 is 1.35 bits per heavy atom. The smallest absolute Gasteiger partial charge is 0.226 e. The van der Waals surface area contributed by atoms with Crippen molar-refractivity contribution in [3.63, 3.8) is 0 Å². The van der Waals surface area contributed by atoms with Crippen LogP contribution in [-0.2, 0) is 4.79 Å². The van der Waals surface area contributed by atoms with E-state index in [1.165, 1.54) is 23.1 Å². The largest absolute Gasteiger partial charge is 0.302 e. The van der Waals surface area contributed by atoms with Crippen molar-refractivity contribution in [3.8, 4) is 5.69 Å². The van der Waals surface area contributed by atoms with Gasteiger partial charge in [-0.2, -0.15) is 4.68 Å². The van der Waals surface area contributed by atoms with Gasteiger partial charge in [-0.15, -0.1) is 16.4 Å². The predicted octanol–water partition coefficient (Wildman–Crippen LogP) is 2.89. The monoisotopic (exact) mass is 366 g/mol. The van der Waals surface area contributed by atoms with Gasteiger partial charge in [-0.25, -0.2) is 4.98 Å². The molecular formula is C13H11ClN6OS2. The standard InChI is InChI=1S/C13H11ClN6OS2/c14-9-1-3-10(4-2-9)20-13(17-18-19-20)23-7-5-11(21)16-12-15-6-8-22-12/h1-4,6,8H,5,7H2,(H,15,16,21). The number of carbonyl (C=O) groups excluding carboxylic acids is 1. The fraction of sp³-hybridized carbons (Fsp3) is 0.154. The number of aromatic nitrogens is 5. The van der Waals surface area contributed by atoms with Gasteiger partial charge in [-0.05, 0) is 34.7 Å². The molecule has 3 aromatic rings. The predicted molar refractivity (Wildman–Crippen MR) is 90.2 cm³/mol. The topological polar surface area (TPSA) is 85.6 Å². The summed E-state index contributed by atoms with van der Waals surface area (Å²) in [6.45, 7) is 0. The molecule has 0 unspecified atom stereocenters. The molecule has 1 N–H and O–H groups in total. The molecule has 118 valence electrons. The average molecular weight is 367 g/mol. The molecule has 0 radical (unpaired) electrons. The highest BCUT2D eigenvalue weighted by Crippen LogP contribution is 2.20. The van der Waals surface area contributed by atoms with E-state index in [1.807, 2.05) is 17.5 Å². The van der Waals surface area contributed by atoms with Gasteiger partial charge in [-0.1, -0.05) is 23.4 Å². The number of amides is 1. The number of nitrogens with one attached hydrogen (secondary N) is 1. The van der Waals surface area contributed by atoms with E-state index in [1.54, 1.807) is 23.0 Å². The number of thioether (sulfide) groups is 1. The third kappa shape index (κ3) is 4.27. The van der Waals surface area contributed by atoms with Crippen LogP contribution in [0.15, 0.2) is 41.0 Å². The van der Waals surface area contributed by atoms with Crippen LogP contribution in [0.5, 0.6) is 0 Å². The van der Waals surface area contributed by atoms with Crippen molar-refractivity contribution in [1.29, 1.82) is 0 Å². The minimum absolute atomic E-state index is 0.0852. The molecule has 10 heteroatoms. The van der Waals surface area contributed by atoms with E-state index in [0.29, 0.717) is 27.5 Å². The summed E-state index contributed by atoms with van der Waals surface area (Å²) >= 11 is 8.67. The van der Waals surface area contributed by atoms with Gasteiger partial charge in [-0.3, -0.25) is 4.79 Å². The lowest BCUT2D eigenvalue weighted by molar-refractivity contribution is -0.115. The van der Waals surface area contributed by atoms with Crippen molar-refractivity contribution < 1.29 is 4.79 Å². The Bertz CT molecular complexity index is 774. The summed E-state index contributed by atoms with van der Waals surface area (Å²) in [6, 6.07) is 7.21. The maximum atomic E-state index is 11.8. The number of benzene rings is 1. The first-order valence-electron chi connectivity index (χ1n) is 6.59. The normalized spacial score (nSPS) is 10.7. The number of carbonyl (C=O) groups is 1. The van der Waals surface area contributed by atoms with Gasteiger partial charge in [0.1, 0.15) is 0 Å². The lowest BCUT2D eigenvalue weighted by Crippen LogP contribution is -2.12. The SMILES string of the molecule is O=C(CCSc1nnnn1-c1ccc(Cl)cc1)Nc1nccs1. The van der Waals surface area contributed by atoms with Crippen LogP contribution < -0.4 is 5.32 Å². The molecule has 1 amide bonds. The molecule has 2 heterocycles. The summed E-state index contributed by atoms with van der Waals surface area (Å²) < 4.78 is 1.61. The fourth-order valence-electron chi connectivity index (χ4n) is 1.72. The maximum Gasteiger partial charge on any atom is 0.226 e. The van der Waals surface area contributed by atoms with Crippen molar-refractivity contribution in [2.45, 2.75) is 11.6 Å². The van der Waals surface area contributed by atoms with Gasteiger partial charge in [0, 0.05) is 28.8 Å². The summed E-state index contributed by atoms with van der Waals surface area (Å²) in [5, 5.41) is 18.0. The third-order valence-corrected chi connectivity index (χ3v) is 4.61. The molecule has 0 aliphatic rings. The molecule has 7 nitrogen and oxygen atoms in total. The minimum atomic E-state index is -0.0852. The molecule has 2 aromatic heterocycles. The Balaban J connectivity index is 1.56. The zero-order valence-electron chi connectivity index (χ0n) is 11.7. The van der Waals surface area contributed by atoms with Crippen LogP contribution in [-0.4, -0.2) is 36.9 Å². The molecule has 0 fully saturated rings. The molecule has 0 aliphatic heterocycles. The average Bonchev–Trinajstić information content (AvgIpc) is 3.20. The quantitative estimate of drug-likeness (QED) is 0.675. The van der Waals surface area contributed by atoms with E-state index < -0.39 is 0 Å². The Morgan fingerprint density at radius 2 is 2.17 bits per heavy atom. The Morgan fingerprint density at radius 3 is 2.91 bits per heavy atom. The molecule has 0 saturated heterocycles. The van der Waals surface area contributed by atoms with E-state index in [0.717, 1.165) is 5.69 Å². The molecule has 3 rings (SSSR count). The van der Waals surface area contributed by atoms with Gasteiger partial charge in [0.05, 0.1) is 5.69 Å². The van der Waals surface area contributed by atoms with Crippen molar-refractivity contribution in [1.82, 2.24) is 25.2 Å². The van der Waals surface area contributed by atoms with E-state index >= 15 is 0 Å². The number of hydrogen-bond acceptors (Lipinski definition) is 7. The van der Waals surface area contributed by atoms with E-state index in [2.05, 4.69) is 25.8 Å². The van der Waals surface area contributed by atoms with Crippen LogP contribution in [0, 0.1) is 0 Å². The Labute approximate surface area is 145 Å². The van der Waals surface area contributed by atoms with Gasteiger partial charge >= 0.3 is 0 Å². The van der Waals surface area contributed by atoms with Crippen LogP contribution in [0.3, 0.4) is 0 Å². The lowest BCUT2D eigenvalue weighted by Gasteiger charge is -2.04. The van der Waals surface area contributed by atoms with Crippen molar-refractivity contribution >= 4 is 45.7 Å². The fourth-order valence-corrected chi connectivity index (χ4v) is 3.21. The summed E-state index contributed by atoms with van der Waals surface area (Å²) in [6.07, 6.45) is 1.99. The van der Waals surface area contributed by atoms with Crippen LogP contribution >= 0.6 is 34.7 Å². The first kappa shape index (κ1) is 15.9. The van der Waals surface area contributed by atoms with Gasteiger partial charge < -0.3 is 5.32 Å². The van der Waals surface area contributed by atoms with Crippen LogP contribution in [0.2, 0.25) is 5.02 Å². The Hall–Kier alpha value is -1.97. The molecule has 0 bridgehead atoms. The minimum Gasteiger partial charge on any atom is -0.302 e. The third-order valence-electron chi connectivity index (χ3n) is 2.75. The Kier molecular flexibility index (Phi) is 5.21. The summed E-state index contributed by atoms with van der Waals surface area (Å²) in [5.74, 6) is 0.475. The molecule has 0 saturated carbocycles. The number of nitrogens with zero attached hydrogens (tertiary/aromatic N) is 5. The van der Waals surface area contributed by atoms with E-state index in [4.69, 9.17) is 11.6 Å². The van der Waals surface area contributed by atoms with Crippen LogP contribution in [0.25, 0.3) is 5.69 Å². The molecule has 0 spiro atoms. The van der Waals surface area contributed by atoms with E-state index in [-0.39, 0.29) is 5.91 Å². The number of hydrogen-bond donors (Lipinski definition) is 1.